The van der Waals surface area contributed by atoms with Crippen molar-refractivity contribution in [2.24, 2.45) is 0 Å². The number of rotatable bonds is 18. The number of nitrogens with zero attached hydrogens (tertiary/aromatic N) is 1. The number of hydrogen-bond acceptors (Lipinski definition) is 0. The van der Waals surface area contributed by atoms with Crippen molar-refractivity contribution in [1.29, 1.82) is 0 Å². The van der Waals surface area contributed by atoms with Gasteiger partial charge in [0, 0.05) is 0 Å². The summed E-state index contributed by atoms with van der Waals surface area (Å²) in [6, 6.07) is 9.87. The van der Waals surface area contributed by atoms with Crippen molar-refractivity contribution in [1.82, 2.24) is 0 Å². The Balaban J connectivity index is 0.000001000. The number of benzene rings is 1. The smallest absolute Gasteiger partial charge is 0.0782 e. The van der Waals surface area contributed by atoms with Gasteiger partial charge in [-0.2, -0.15) is 0 Å². The lowest BCUT2D eigenvalue weighted by atomic mass is 10.1. The minimum absolute atomic E-state index is 1.07. The van der Waals surface area contributed by atoms with Gasteiger partial charge in [0.25, 0.3) is 0 Å². The molecule has 0 aliphatic heterocycles. The Morgan fingerprint density at radius 1 is 0.533 bits per heavy atom. The molecule has 0 spiro atoms. The maximum absolute atomic E-state index is 3.72. The molecule has 0 bridgehead atoms. The van der Waals surface area contributed by atoms with Gasteiger partial charge < -0.3 is 4.48 Å². The number of quaternary nitrogens is 1. The van der Waals surface area contributed by atoms with Crippen LogP contribution in [-0.4, -0.2) is 31.7 Å². The maximum atomic E-state index is 3.72. The van der Waals surface area contributed by atoms with Crippen LogP contribution in [0.15, 0.2) is 30.3 Å². The first kappa shape index (κ1) is 29.2. The van der Waals surface area contributed by atoms with Crippen molar-refractivity contribution in [3.8, 4) is 0 Å². The van der Waals surface area contributed by atoms with Crippen molar-refractivity contribution in [3.63, 3.8) is 0 Å². The summed E-state index contributed by atoms with van der Waals surface area (Å²) in [5.41, 5.74) is 1.07. The highest BCUT2D eigenvalue weighted by Gasteiger charge is 2.13. The van der Waals surface area contributed by atoms with Crippen LogP contribution in [0.25, 0.3) is 0 Å². The third-order valence-corrected chi connectivity index (χ3v) is 6.08. The summed E-state index contributed by atoms with van der Waals surface area (Å²) >= 11 is 0. The fraction of sp³-hybridized carbons (Fsp3) is 0.759. The normalized spacial score (nSPS) is 11.2. The third-order valence-electron chi connectivity index (χ3n) is 6.08. The van der Waals surface area contributed by atoms with Gasteiger partial charge in [0.05, 0.1) is 27.2 Å². The molecule has 1 heteroatoms. The Labute approximate surface area is 191 Å². The fourth-order valence-corrected chi connectivity index (χ4v) is 3.94. The molecule has 0 heterocycles. The maximum Gasteiger partial charge on any atom is 0.0782 e. The molecule has 30 heavy (non-hydrogen) atoms. The van der Waals surface area contributed by atoms with E-state index in [-0.39, 0.29) is 0 Å². The first-order valence-corrected chi connectivity index (χ1v) is 13.2. The summed E-state index contributed by atoms with van der Waals surface area (Å²) in [5.74, 6) is 0. The lowest BCUT2D eigenvalue weighted by Crippen LogP contribution is -2.41. The van der Waals surface area contributed by atoms with E-state index in [2.05, 4.69) is 34.9 Å². The van der Waals surface area contributed by atoms with Crippen LogP contribution in [0.3, 0.4) is 0 Å². The van der Waals surface area contributed by atoms with Gasteiger partial charge in [-0.15, -0.1) is 0 Å². The van der Waals surface area contributed by atoms with Gasteiger partial charge in [0.1, 0.15) is 0 Å². The Morgan fingerprint density at radius 2 is 0.867 bits per heavy atom. The highest BCUT2D eigenvalue weighted by molar-refractivity contribution is 5.16. The minimum Gasteiger partial charge on any atom is -0.328 e. The van der Waals surface area contributed by atoms with E-state index < -0.39 is 0 Å². The monoisotopic (exact) mass is 417 g/mol. The van der Waals surface area contributed by atoms with Crippen molar-refractivity contribution < 1.29 is 4.48 Å². The molecule has 1 rings (SSSR count). The first-order chi connectivity index (χ1) is 14.5. The van der Waals surface area contributed by atoms with Gasteiger partial charge in [-0.25, -0.2) is 0 Å². The van der Waals surface area contributed by atoms with Crippen LogP contribution in [-0.2, 0) is 0 Å². The molecule has 0 saturated carbocycles. The van der Waals surface area contributed by atoms with E-state index in [1.807, 2.05) is 30.3 Å². The lowest BCUT2D eigenvalue weighted by Gasteiger charge is -2.30. The molecule has 0 saturated heterocycles. The van der Waals surface area contributed by atoms with E-state index in [4.69, 9.17) is 0 Å². The predicted molar refractivity (Wildman–Crippen MR) is 138 cm³/mol. The molecule has 0 fully saturated rings. The van der Waals surface area contributed by atoms with Gasteiger partial charge in [0.15, 0.2) is 0 Å². The minimum atomic E-state index is 1.07. The zero-order valence-electron chi connectivity index (χ0n) is 21.3. The second-order valence-electron chi connectivity index (χ2n) is 9.82. The molecule has 0 aliphatic rings. The van der Waals surface area contributed by atoms with Gasteiger partial charge in [-0.3, -0.25) is 0 Å². The van der Waals surface area contributed by atoms with Crippen molar-refractivity contribution in [2.75, 3.05) is 27.2 Å². The highest BCUT2D eigenvalue weighted by atomic mass is 15.3. The predicted octanol–water partition coefficient (Wildman–Crippen LogP) is 9.21. The van der Waals surface area contributed by atoms with Gasteiger partial charge in [-0.1, -0.05) is 121 Å². The molecule has 0 N–H and O–H groups in total. The van der Waals surface area contributed by atoms with E-state index in [0.29, 0.717) is 0 Å². The Bertz CT molecular complexity index is 415. The van der Waals surface area contributed by atoms with Crippen LogP contribution in [0.1, 0.15) is 122 Å². The SMILES string of the molecule is CCCCCCCCCC[N+](C)(C)CCCCCCCCCC.[CH2]c1ccccc1. The van der Waals surface area contributed by atoms with Crippen molar-refractivity contribution >= 4 is 0 Å². The summed E-state index contributed by atoms with van der Waals surface area (Å²) in [5, 5.41) is 0. The number of hydrogen-bond donors (Lipinski definition) is 0. The summed E-state index contributed by atoms with van der Waals surface area (Å²) in [4.78, 5) is 0. The molecule has 0 aromatic heterocycles. The topological polar surface area (TPSA) is 0 Å². The summed E-state index contributed by atoms with van der Waals surface area (Å²) in [7, 11) is 4.87. The molecule has 175 valence electrons. The number of unbranched alkanes of at least 4 members (excludes halogenated alkanes) is 14. The van der Waals surface area contributed by atoms with E-state index in [9.17, 15) is 0 Å². The molecular weight excluding hydrogens is 362 g/mol. The second kappa shape index (κ2) is 21.4. The van der Waals surface area contributed by atoms with E-state index in [0.717, 1.165) is 5.56 Å². The lowest BCUT2D eigenvalue weighted by molar-refractivity contribution is -0.890. The third kappa shape index (κ3) is 21.9. The molecular formula is C29H55N+. The van der Waals surface area contributed by atoms with Crippen LogP contribution in [0.2, 0.25) is 0 Å². The van der Waals surface area contributed by atoms with Gasteiger partial charge in [-0.05, 0) is 38.2 Å². The van der Waals surface area contributed by atoms with E-state index >= 15 is 0 Å². The van der Waals surface area contributed by atoms with Crippen molar-refractivity contribution in [2.45, 2.75) is 117 Å². The summed E-state index contributed by atoms with van der Waals surface area (Å²) < 4.78 is 1.24. The quantitative estimate of drug-likeness (QED) is 0.165. The fourth-order valence-electron chi connectivity index (χ4n) is 3.94. The van der Waals surface area contributed by atoms with Crippen LogP contribution >= 0.6 is 0 Å². The van der Waals surface area contributed by atoms with E-state index in [1.165, 1.54) is 120 Å². The zero-order chi connectivity index (χ0) is 22.3. The summed E-state index contributed by atoms with van der Waals surface area (Å²) in [6.45, 7) is 11.1. The first-order valence-electron chi connectivity index (χ1n) is 13.2. The Morgan fingerprint density at radius 3 is 1.17 bits per heavy atom. The molecule has 1 radical (unpaired) electrons. The molecule has 1 nitrogen and oxygen atoms in total. The van der Waals surface area contributed by atoms with Crippen LogP contribution in [0.4, 0.5) is 0 Å². The van der Waals surface area contributed by atoms with Gasteiger partial charge >= 0.3 is 0 Å². The zero-order valence-corrected chi connectivity index (χ0v) is 21.3. The molecule has 0 aliphatic carbocycles. The Hall–Kier alpha value is -0.820. The van der Waals surface area contributed by atoms with Crippen LogP contribution in [0.5, 0.6) is 0 Å². The second-order valence-corrected chi connectivity index (χ2v) is 9.82. The molecule has 1 aromatic rings. The molecule has 0 amide bonds. The van der Waals surface area contributed by atoms with Crippen LogP contribution < -0.4 is 0 Å². The summed E-state index contributed by atoms with van der Waals surface area (Å²) in [6.07, 6.45) is 23.0. The average Bonchev–Trinajstić information content (AvgIpc) is 2.73. The van der Waals surface area contributed by atoms with Crippen LogP contribution in [0, 0.1) is 6.92 Å². The van der Waals surface area contributed by atoms with Gasteiger partial charge in [0.2, 0.25) is 0 Å². The average molecular weight is 418 g/mol. The van der Waals surface area contributed by atoms with E-state index in [1.54, 1.807) is 0 Å². The molecule has 0 unspecified atom stereocenters. The largest absolute Gasteiger partial charge is 0.328 e. The highest BCUT2D eigenvalue weighted by Crippen LogP contribution is 2.13. The molecule has 0 atom stereocenters. The van der Waals surface area contributed by atoms with Crippen molar-refractivity contribution in [3.05, 3.63) is 42.8 Å². The molecule has 1 aromatic carbocycles. The Kier molecular flexibility index (Phi) is 20.8. The standard InChI is InChI=1S/C22H48N.C7H7/c1-5-7-9-11-13-15-17-19-21-23(3,4)22-20-18-16-14-12-10-8-6-2;1-7-5-3-2-4-6-7/h5-22H2,1-4H3;2-6H,1H2/q+1;.